The van der Waals surface area contributed by atoms with Crippen molar-refractivity contribution in [3.8, 4) is 0 Å². The lowest BCUT2D eigenvalue weighted by Gasteiger charge is -1.99. The Labute approximate surface area is 57.9 Å². The minimum absolute atomic E-state index is 0.378. The zero-order chi connectivity index (χ0) is 6.69. The standard InChI is InChI=1S/C4H7N3OS/c8-4(9)3-7-2-1-5-6-7/h1-2,4,8-9H,3H2. The van der Waals surface area contributed by atoms with Crippen molar-refractivity contribution in [1.82, 2.24) is 15.0 Å². The monoisotopic (exact) mass is 145 g/mol. The summed E-state index contributed by atoms with van der Waals surface area (Å²) in [6.07, 6.45) is 3.22. The molecule has 0 aliphatic carbocycles. The van der Waals surface area contributed by atoms with Crippen LogP contribution < -0.4 is 0 Å². The van der Waals surface area contributed by atoms with Crippen LogP contribution in [0.5, 0.6) is 0 Å². The first-order valence-corrected chi connectivity index (χ1v) is 3.01. The number of aromatic nitrogens is 3. The molecule has 0 saturated carbocycles. The molecule has 1 rings (SSSR count). The molecule has 0 saturated heterocycles. The number of hydrogen-bond donors (Lipinski definition) is 2. The number of aliphatic hydroxyl groups excluding tert-OH is 1. The lowest BCUT2D eigenvalue weighted by Crippen LogP contribution is -2.09. The second-order valence-corrected chi connectivity index (χ2v) is 2.20. The Morgan fingerprint density at radius 2 is 2.56 bits per heavy atom. The van der Waals surface area contributed by atoms with Gasteiger partial charge in [-0.2, -0.15) is 0 Å². The fourth-order valence-electron chi connectivity index (χ4n) is 0.497. The molecule has 1 N–H and O–H groups in total. The van der Waals surface area contributed by atoms with Crippen LogP contribution in [-0.4, -0.2) is 25.5 Å². The van der Waals surface area contributed by atoms with Crippen molar-refractivity contribution in [2.24, 2.45) is 0 Å². The largest absolute Gasteiger partial charge is 0.381 e. The van der Waals surface area contributed by atoms with Gasteiger partial charge in [0.25, 0.3) is 0 Å². The topological polar surface area (TPSA) is 50.9 Å². The maximum absolute atomic E-state index is 8.70. The lowest BCUT2D eigenvalue weighted by atomic mass is 10.7. The summed E-state index contributed by atoms with van der Waals surface area (Å²) in [5.41, 5.74) is -0.660. The highest BCUT2D eigenvalue weighted by Crippen LogP contribution is 1.91. The van der Waals surface area contributed by atoms with E-state index in [2.05, 4.69) is 22.9 Å². The summed E-state index contributed by atoms with van der Waals surface area (Å²) in [6.45, 7) is 0.378. The molecule has 0 aliphatic rings. The van der Waals surface area contributed by atoms with Gasteiger partial charge >= 0.3 is 0 Å². The van der Waals surface area contributed by atoms with Crippen molar-refractivity contribution >= 4 is 12.6 Å². The molecule has 1 aromatic heterocycles. The van der Waals surface area contributed by atoms with E-state index in [0.717, 1.165) is 0 Å². The van der Waals surface area contributed by atoms with E-state index in [1.807, 2.05) is 0 Å². The quantitative estimate of drug-likeness (QED) is 0.437. The van der Waals surface area contributed by atoms with Gasteiger partial charge in [-0.15, -0.1) is 17.7 Å². The van der Waals surface area contributed by atoms with Crippen molar-refractivity contribution < 1.29 is 5.11 Å². The fraction of sp³-hybridized carbons (Fsp3) is 0.500. The number of aliphatic hydroxyl groups is 1. The first kappa shape index (κ1) is 6.57. The van der Waals surface area contributed by atoms with Crippen LogP contribution in [-0.2, 0) is 6.54 Å². The molecule has 0 aromatic carbocycles. The van der Waals surface area contributed by atoms with Crippen LogP contribution in [0.1, 0.15) is 0 Å². The van der Waals surface area contributed by atoms with E-state index in [0.29, 0.717) is 6.54 Å². The summed E-state index contributed by atoms with van der Waals surface area (Å²) < 4.78 is 1.51. The predicted molar refractivity (Wildman–Crippen MR) is 35.0 cm³/mol. The Hall–Kier alpha value is -0.550. The van der Waals surface area contributed by atoms with Crippen molar-refractivity contribution in [2.45, 2.75) is 12.0 Å². The Bertz CT molecular complexity index is 162. The highest BCUT2D eigenvalue weighted by molar-refractivity contribution is 7.80. The van der Waals surface area contributed by atoms with Crippen molar-refractivity contribution in [3.63, 3.8) is 0 Å². The third-order valence-corrected chi connectivity index (χ3v) is 0.986. The smallest absolute Gasteiger partial charge is 0.116 e. The van der Waals surface area contributed by atoms with E-state index in [4.69, 9.17) is 5.11 Å². The summed E-state index contributed by atoms with van der Waals surface area (Å²) in [4.78, 5) is 0. The van der Waals surface area contributed by atoms with Gasteiger partial charge in [0.05, 0.1) is 12.7 Å². The first-order valence-electron chi connectivity index (χ1n) is 2.49. The normalized spacial score (nSPS) is 13.6. The van der Waals surface area contributed by atoms with E-state index in [1.165, 1.54) is 4.68 Å². The third kappa shape index (κ3) is 2.03. The van der Waals surface area contributed by atoms with Gasteiger partial charge in [0, 0.05) is 6.20 Å². The van der Waals surface area contributed by atoms with E-state index in [-0.39, 0.29) is 0 Å². The van der Waals surface area contributed by atoms with Crippen LogP contribution in [0.15, 0.2) is 12.4 Å². The average molecular weight is 145 g/mol. The summed E-state index contributed by atoms with van der Waals surface area (Å²) in [5, 5.41) is 15.9. The summed E-state index contributed by atoms with van der Waals surface area (Å²) >= 11 is 3.75. The molecule has 1 aromatic rings. The van der Waals surface area contributed by atoms with Crippen LogP contribution in [0.3, 0.4) is 0 Å². The second-order valence-electron chi connectivity index (χ2n) is 1.61. The van der Waals surface area contributed by atoms with Crippen LogP contribution in [0.2, 0.25) is 0 Å². The van der Waals surface area contributed by atoms with Crippen molar-refractivity contribution in [1.29, 1.82) is 0 Å². The molecule has 0 amide bonds. The number of rotatable bonds is 2. The Morgan fingerprint density at radius 3 is 3.00 bits per heavy atom. The van der Waals surface area contributed by atoms with Gasteiger partial charge in [-0.05, 0) is 0 Å². The highest BCUT2D eigenvalue weighted by atomic mass is 32.1. The van der Waals surface area contributed by atoms with Gasteiger partial charge in [-0.25, -0.2) is 4.68 Å². The molecule has 0 fully saturated rings. The van der Waals surface area contributed by atoms with Gasteiger partial charge in [0.1, 0.15) is 5.44 Å². The fourth-order valence-corrected chi connectivity index (χ4v) is 0.665. The number of hydrogen-bond acceptors (Lipinski definition) is 4. The van der Waals surface area contributed by atoms with Gasteiger partial charge < -0.3 is 5.11 Å². The van der Waals surface area contributed by atoms with Crippen molar-refractivity contribution in [3.05, 3.63) is 12.4 Å². The summed E-state index contributed by atoms with van der Waals surface area (Å²) in [6, 6.07) is 0. The van der Waals surface area contributed by atoms with Gasteiger partial charge in [0.15, 0.2) is 0 Å². The maximum atomic E-state index is 8.70. The average Bonchev–Trinajstić information content (AvgIpc) is 2.15. The Morgan fingerprint density at radius 1 is 1.78 bits per heavy atom. The summed E-state index contributed by atoms with van der Waals surface area (Å²) in [7, 11) is 0. The lowest BCUT2D eigenvalue weighted by molar-refractivity contribution is 0.235. The van der Waals surface area contributed by atoms with Gasteiger partial charge in [-0.1, -0.05) is 5.21 Å². The molecular formula is C4H7N3OS. The molecule has 50 valence electrons. The second kappa shape index (κ2) is 2.84. The molecule has 1 unspecified atom stereocenters. The zero-order valence-corrected chi connectivity index (χ0v) is 5.57. The molecule has 0 bridgehead atoms. The molecule has 9 heavy (non-hydrogen) atoms. The molecule has 4 nitrogen and oxygen atoms in total. The van der Waals surface area contributed by atoms with E-state index in [1.54, 1.807) is 12.4 Å². The SMILES string of the molecule is OC(S)Cn1ccnn1. The summed E-state index contributed by atoms with van der Waals surface area (Å²) in [5.74, 6) is 0. The maximum Gasteiger partial charge on any atom is 0.116 e. The molecular weight excluding hydrogens is 138 g/mol. The van der Waals surface area contributed by atoms with Crippen LogP contribution in [0.4, 0.5) is 0 Å². The molecule has 0 aliphatic heterocycles. The molecule has 0 radical (unpaired) electrons. The van der Waals surface area contributed by atoms with E-state index in [9.17, 15) is 0 Å². The number of nitrogens with zero attached hydrogens (tertiary/aromatic N) is 3. The molecule has 1 heterocycles. The van der Waals surface area contributed by atoms with E-state index < -0.39 is 5.44 Å². The Balaban J connectivity index is 2.48. The zero-order valence-electron chi connectivity index (χ0n) is 4.68. The van der Waals surface area contributed by atoms with Gasteiger partial charge in [0.2, 0.25) is 0 Å². The van der Waals surface area contributed by atoms with Crippen molar-refractivity contribution in [2.75, 3.05) is 0 Å². The van der Waals surface area contributed by atoms with E-state index >= 15 is 0 Å². The number of thiol groups is 1. The van der Waals surface area contributed by atoms with Crippen LogP contribution in [0, 0.1) is 0 Å². The Kier molecular flexibility index (Phi) is 2.07. The van der Waals surface area contributed by atoms with Gasteiger partial charge in [-0.3, -0.25) is 0 Å². The first-order chi connectivity index (χ1) is 4.29. The minimum Gasteiger partial charge on any atom is -0.381 e. The highest BCUT2D eigenvalue weighted by Gasteiger charge is 1.96. The minimum atomic E-state index is -0.660. The van der Waals surface area contributed by atoms with Crippen LogP contribution >= 0.6 is 12.6 Å². The van der Waals surface area contributed by atoms with Crippen LogP contribution in [0.25, 0.3) is 0 Å². The molecule has 1 atom stereocenters. The predicted octanol–water partition coefficient (Wildman–Crippen LogP) is -0.474. The molecule has 0 spiro atoms. The third-order valence-electron chi connectivity index (χ3n) is 0.822. The molecule has 5 heteroatoms.